The van der Waals surface area contributed by atoms with Crippen LogP contribution in [0.5, 0.6) is 0 Å². The van der Waals surface area contributed by atoms with Gasteiger partial charge < -0.3 is 21.3 Å². The predicted molar refractivity (Wildman–Crippen MR) is 78.3 cm³/mol. The van der Waals surface area contributed by atoms with Crippen LogP contribution in [0.15, 0.2) is 24.3 Å². The number of anilines is 2. The van der Waals surface area contributed by atoms with Crippen molar-refractivity contribution in [2.45, 2.75) is 25.8 Å². The maximum atomic E-state index is 12.1. The highest BCUT2D eigenvalue weighted by Crippen LogP contribution is 2.15. The molecule has 2 rings (SSSR count). The van der Waals surface area contributed by atoms with Crippen molar-refractivity contribution in [1.29, 1.82) is 0 Å². The molecule has 1 aromatic carbocycles. The molecular formula is C14H20N4O2. The number of urea groups is 1. The molecule has 1 aliphatic rings. The molecule has 0 aromatic heterocycles. The molecule has 0 unspecified atom stereocenters. The van der Waals surface area contributed by atoms with Crippen LogP contribution in [0.3, 0.4) is 0 Å². The second-order valence-electron chi connectivity index (χ2n) is 5.02. The minimum Gasteiger partial charge on any atom is -0.399 e. The number of piperidine rings is 1. The van der Waals surface area contributed by atoms with E-state index in [1.807, 2.05) is 0 Å². The Kier molecular flexibility index (Phi) is 4.45. The molecule has 1 fully saturated rings. The first-order valence-electron chi connectivity index (χ1n) is 6.73. The number of likely N-dealkylation sites (tertiary alicyclic amines) is 1. The minimum atomic E-state index is -0.128. The summed E-state index contributed by atoms with van der Waals surface area (Å²) < 4.78 is 0. The third kappa shape index (κ3) is 3.88. The number of benzene rings is 1. The summed E-state index contributed by atoms with van der Waals surface area (Å²) in [6.07, 6.45) is 1.56. The van der Waals surface area contributed by atoms with Crippen LogP contribution in [-0.4, -0.2) is 36.0 Å². The number of amides is 3. The third-order valence-electron chi connectivity index (χ3n) is 3.33. The van der Waals surface area contributed by atoms with Crippen LogP contribution in [0.2, 0.25) is 0 Å². The van der Waals surface area contributed by atoms with Gasteiger partial charge in [0.25, 0.3) is 0 Å². The Hall–Kier alpha value is -2.24. The van der Waals surface area contributed by atoms with E-state index in [-0.39, 0.29) is 18.0 Å². The molecule has 6 nitrogen and oxygen atoms in total. The van der Waals surface area contributed by atoms with Crippen molar-refractivity contribution >= 4 is 23.3 Å². The Morgan fingerprint density at radius 3 is 2.60 bits per heavy atom. The van der Waals surface area contributed by atoms with Gasteiger partial charge in [0.05, 0.1) is 0 Å². The van der Waals surface area contributed by atoms with Crippen molar-refractivity contribution in [3.63, 3.8) is 0 Å². The summed E-state index contributed by atoms with van der Waals surface area (Å²) in [7, 11) is 0. The average Bonchev–Trinajstić information content (AvgIpc) is 2.38. The maximum absolute atomic E-state index is 12.1. The van der Waals surface area contributed by atoms with Gasteiger partial charge in [-0.1, -0.05) is 6.07 Å². The van der Waals surface area contributed by atoms with Crippen LogP contribution in [-0.2, 0) is 4.79 Å². The van der Waals surface area contributed by atoms with Crippen LogP contribution in [0.4, 0.5) is 16.2 Å². The summed E-state index contributed by atoms with van der Waals surface area (Å²) >= 11 is 0. The number of nitrogens with zero attached hydrogens (tertiary/aromatic N) is 1. The molecule has 3 amide bonds. The molecule has 0 radical (unpaired) electrons. The van der Waals surface area contributed by atoms with E-state index >= 15 is 0 Å². The van der Waals surface area contributed by atoms with E-state index in [0.29, 0.717) is 24.5 Å². The Balaban J connectivity index is 1.84. The van der Waals surface area contributed by atoms with Gasteiger partial charge >= 0.3 is 6.03 Å². The van der Waals surface area contributed by atoms with Gasteiger partial charge in [-0.15, -0.1) is 0 Å². The van der Waals surface area contributed by atoms with Crippen LogP contribution >= 0.6 is 0 Å². The molecule has 20 heavy (non-hydrogen) atoms. The number of hydrogen-bond donors (Lipinski definition) is 3. The van der Waals surface area contributed by atoms with Crippen molar-refractivity contribution in [2.24, 2.45) is 0 Å². The molecule has 0 bridgehead atoms. The van der Waals surface area contributed by atoms with Gasteiger partial charge in [-0.2, -0.15) is 0 Å². The first kappa shape index (κ1) is 14.2. The summed E-state index contributed by atoms with van der Waals surface area (Å²) in [5, 5.41) is 5.71. The van der Waals surface area contributed by atoms with Gasteiger partial charge in [0.15, 0.2) is 0 Å². The molecule has 0 saturated carbocycles. The van der Waals surface area contributed by atoms with E-state index in [1.54, 1.807) is 29.2 Å². The fraction of sp³-hybridized carbons (Fsp3) is 0.429. The van der Waals surface area contributed by atoms with Gasteiger partial charge in [0, 0.05) is 37.4 Å². The lowest BCUT2D eigenvalue weighted by molar-refractivity contribution is -0.119. The van der Waals surface area contributed by atoms with Gasteiger partial charge in [-0.05, 0) is 31.0 Å². The molecule has 0 aliphatic carbocycles. The summed E-state index contributed by atoms with van der Waals surface area (Å²) in [5.41, 5.74) is 6.98. The van der Waals surface area contributed by atoms with Crippen LogP contribution in [0.25, 0.3) is 0 Å². The fourth-order valence-electron chi connectivity index (χ4n) is 2.33. The van der Waals surface area contributed by atoms with E-state index in [2.05, 4.69) is 10.6 Å². The van der Waals surface area contributed by atoms with Crippen molar-refractivity contribution in [1.82, 2.24) is 10.2 Å². The van der Waals surface area contributed by atoms with Gasteiger partial charge in [-0.25, -0.2) is 4.79 Å². The predicted octanol–water partition coefficient (Wildman–Crippen LogP) is 1.40. The SMILES string of the molecule is CC(=O)NC1CCN(C(=O)Nc2cccc(N)c2)CC1. The Bertz CT molecular complexity index is 496. The highest BCUT2D eigenvalue weighted by atomic mass is 16.2. The number of carbonyl (C=O) groups excluding carboxylic acids is 2. The van der Waals surface area contributed by atoms with Crippen LogP contribution < -0.4 is 16.4 Å². The van der Waals surface area contributed by atoms with E-state index in [4.69, 9.17) is 5.73 Å². The van der Waals surface area contributed by atoms with Crippen LogP contribution in [0.1, 0.15) is 19.8 Å². The summed E-state index contributed by atoms with van der Waals surface area (Å²) in [4.78, 5) is 24.8. The normalized spacial score (nSPS) is 15.8. The largest absolute Gasteiger partial charge is 0.399 e. The lowest BCUT2D eigenvalue weighted by Gasteiger charge is -2.32. The van der Waals surface area contributed by atoms with E-state index < -0.39 is 0 Å². The third-order valence-corrected chi connectivity index (χ3v) is 3.33. The van der Waals surface area contributed by atoms with Gasteiger partial charge in [-0.3, -0.25) is 4.79 Å². The molecule has 0 spiro atoms. The quantitative estimate of drug-likeness (QED) is 0.713. The molecule has 4 N–H and O–H groups in total. The smallest absolute Gasteiger partial charge is 0.321 e. The zero-order valence-electron chi connectivity index (χ0n) is 11.6. The first-order chi connectivity index (χ1) is 9.54. The Morgan fingerprint density at radius 1 is 1.30 bits per heavy atom. The van der Waals surface area contributed by atoms with E-state index in [0.717, 1.165) is 12.8 Å². The second kappa shape index (κ2) is 6.27. The van der Waals surface area contributed by atoms with Crippen LogP contribution in [0, 0.1) is 0 Å². The second-order valence-corrected chi connectivity index (χ2v) is 5.02. The summed E-state index contributed by atoms with van der Waals surface area (Å²) in [6.45, 7) is 2.79. The Labute approximate surface area is 118 Å². The number of nitrogens with one attached hydrogen (secondary N) is 2. The molecule has 108 valence electrons. The topological polar surface area (TPSA) is 87.5 Å². The first-order valence-corrected chi connectivity index (χ1v) is 6.73. The highest BCUT2D eigenvalue weighted by molar-refractivity contribution is 5.89. The van der Waals surface area contributed by atoms with Crippen molar-refractivity contribution in [2.75, 3.05) is 24.1 Å². The molecule has 1 heterocycles. The minimum absolute atomic E-state index is 0.0207. The monoisotopic (exact) mass is 276 g/mol. The standard InChI is InChI=1S/C14H20N4O2/c1-10(19)16-12-5-7-18(8-6-12)14(20)17-13-4-2-3-11(15)9-13/h2-4,9,12H,5-8,15H2,1H3,(H,16,19)(H,17,20). The number of nitrogens with two attached hydrogens (primary N) is 1. The van der Waals surface area contributed by atoms with Gasteiger partial charge in [0.1, 0.15) is 0 Å². The number of hydrogen-bond acceptors (Lipinski definition) is 3. The number of rotatable bonds is 2. The van der Waals surface area contributed by atoms with Crippen molar-refractivity contribution < 1.29 is 9.59 Å². The lowest BCUT2D eigenvalue weighted by Crippen LogP contribution is -2.47. The summed E-state index contributed by atoms with van der Waals surface area (Å²) in [6, 6.07) is 7.14. The molecular weight excluding hydrogens is 256 g/mol. The zero-order valence-corrected chi connectivity index (χ0v) is 11.6. The number of nitrogen functional groups attached to an aromatic ring is 1. The fourth-order valence-corrected chi connectivity index (χ4v) is 2.33. The molecule has 0 atom stereocenters. The summed E-state index contributed by atoms with van der Waals surface area (Å²) in [5.74, 6) is -0.0207. The molecule has 1 saturated heterocycles. The van der Waals surface area contributed by atoms with E-state index in [1.165, 1.54) is 6.92 Å². The average molecular weight is 276 g/mol. The highest BCUT2D eigenvalue weighted by Gasteiger charge is 2.23. The maximum Gasteiger partial charge on any atom is 0.321 e. The number of carbonyl (C=O) groups is 2. The lowest BCUT2D eigenvalue weighted by atomic mass is 10.1. The molecule has 6 heteroatoms. The molecule has 1 aromatic rings. The Morgan fingerprint density at radius 2 is 2.00 bits per heavy atom. The zero-order chi connectivity index (χ0) is 14.5. The molecule has 1 aliphatic heterocycles. The van der Waals surface area contributed by atoms with Gasteiger partial charge in [0.2, 0.25) is 5.91 Å². The van der Waals surface area contributed by atoms with Crippen molar-refractivity contribution in [3.8, 4) is 0 Å². The van der Waals surface area contributed by atoms with E-state index in [9.17, 15) is 9.59 Å². The van der Waals surface area contributed by atoms with Crippen molar-refractivity contribution in [3.05, 3.63) is 24.3 Å².